The van der Waals surface area contributed by atoms with E-state index in [1.807, 2.05) is 24.3 Å². The lowest BCUT2D eigenvalue weighted by atomic mass is 10.1. The molecule has 1 rings (SSSR count). The number of benzene rings is 1. The van der Waals surface area contributed by atoms with Gasteiger partial charge in [-0.25, -0.2) is 9.59 Å². The van der Waals surface area contributed by atoms with Crippen LogP contribution in [0.15, 0.2) is 49.6 Å². The summed E-state index contributed by atoms with van der Waals surface area (Å²) in [5.74, 6) is 0.605. The van der Waals surface area contributed by atoms with Gasteiger partial charge in [0, 0.05) is 18.2 Å². The second kappa shape index (κ2) is 15.3. The van der Waals surface area contributed by atoms with Gasteiger partial charge in [-0.2, -0.15) is 0 Å². The summed E-state index contributed by atoms with van der Waals surface area (Å²) >= 11 is 0. The summed E-state index contributed by atoms with van der Waals surface area (Å²) in [6.07, 6.45) is 8.56. The van der Waals surface area contributed by atoms with Gasteiger partial charge >= 0.3 is 11.9 Å². The van der Waals surface area contributed by atoms with Crippen LogP contribution < -0.4 is 9.47 Å². The summed E-state index contributed by atoms with van der Waals surface area (Å²) in [5, 5.41) is 0. The highest BCUT2D eigenvalue weighted by Gasteiger charge is 2.00. The number of hydrogen-bond donors (Lipinski definition) is 0. The summed E-state index contributed by atoms with van der Waals surface area (Å²) in [4.78, 5) is 21.8. The topological polar surface area (TPSA) is 71.1 Å². The van der Waals surface area contributed by atoms with Crippen molar-refractivity contribution in [2.45, 2.75) is 38.5 Å². The molecule has 0 aromatic heterocycles. The number of carbonyl (C=O) groups is 2. The van der Waals surface area contributed by atoms with Crippen LogP contribution in [0.1, 0.15) is 38.5 Å². The van der Waals surface area contributed by atoms with Crippen molar-refractivity contribution in [3.05, 3.63) is 49.6 Å². The maximum absolute atomic E-state index is 10.9. The second-order valence-electron chi connectivity index (χ2n) is 6.04. The fraction of sp³-hybridized carbons (Fsp3) is 0.455. The van der Waals surface area contributed by atoms with Crippen LogP contribution in [0.4, 0.5) is 0 Å². The first-order valence-electron chi connectivity index (χ1n) is 9.59. The monoisotopic (exact) mass is 390 g/mol. The van der Waals surface area contributed by atoms with Gasteiger partial charge in [-0.1, -0.05) is 44.9 Å². The summed E-state index contributed by atoms with van der Waals surface area (Å²) in [7, 11) is 0. The van der Waals surface area contributed by atoms with Crippen molar-refractivity contribution in [1.29, 1.82) is 0 Å². The van der Waals surface area contributed by atoms with Crippen LogP contribution in [0.25, 0.3) is 0 Å². The molecule has 0 aliphatic rings. The molecule has 154 valence electrons. The number of esters is 2. The SMILES string of the molecule is C=CC(=O)OCCCCCCCCOc1cccc(OCCOC(=O)C=C)c1. The van der Waals surface area contributed by atoms with Gasteiger partial charge in [0.25, 0.3) is 0 Å². The smallest absolute Gasteiger partial charge is 0.330 e. The number of rotatable bonds is 16. The van der Waals surface area contributed by atoms with Crippen LogP contribution in [0.2, 0.25) is 0 Å². The van der Waals surface area contributed by atoms with Crippen LogP contribution in [0, 0.1) is 0 Å². The minimum atomic E-state index is -0.461. The Bertz CT molecular complexity index is 611. The first-order chi connectivity index (χ1) is 13.7. The van der Waals surface area contributed by atoms with Crippen molar-refractivity contribution >= 4 is 11.9 Å². The summed E-state index contributed by atoms with van der Waals surface area (Å²) in [6.45, 7) is 8.25. The Balaban J connectivity index is 2.04. The minimum absolute atomic E-state index is 0.173. The molecule has 0 amide bonds. The molecule has 0 saturated heterocycles. The van der Waals surface area contributed by atoms with E-state index < -0.39 is 5.97 Å². The molecule has 0 spiro atoms. The van der Waals surface area contributed by atoms with E-state index in [2.05, 4.69) is 13.2 Å². The van der Waals surface area contributed by atoms with E-state index in [9.17, 15) is 9.59 Å². The van der Waals surface area contributed by atoms with Crippen molar-refractivity contribution in [2.24, 2.45) is 0 Å². The lowest BCUT2D eigenvalue weighted by Gasteiger charge is -2.09. The third-order valence-electron chi connectivity index (χ3n) is 3.79. The lowest BCUT2D eigenvalue weighted by molar-refractivity contribution is -0.139. The summed E-state index contributed by atoms with van der Waals surface area (Å²) in [6, 6.07) is 7.39. The normalized spacial score (nSPS) is 10.0. The predicted octanol–water partition coefficient (Wildman–Crippen LogP) is 4.24. The number of ether oxygens (including phenoxy) is 4. The molecule has 0 atom stereocenters. The van der Waals surface area contributed by atoms with Crippen LogP contribution in [-0.4, -0.2) is 38.4 Å². The Labute approximate surface area is 167 Å². The van der Waals surface area contributed by atoms with Gasteiger partial charge in [0.05, 0.1) is 13.2 Å². The zero-order valence-electron chi connectivity index (χ0n) is 16.4. The highest BCUT2D eigenvalue weighted by molar-refractivity contribution is 5.81. The van der Waals surface area contributed by atoms with E-state index in [-0.39, 0.29) is 19.2 Å². The summed E-state index contributed by atoms with van der Waals surface area (Å²) < 4.78 is 21.1. The molecule has 28 heavy (non-hydrogen) atoms. The van der Waals surface area contributed by atoms with Crippen LogP contribution >= 0.6 is 0 Å². The molecule has 0 bridgehead atoms. The van der Waals surface area contributed by atoms with Gasteiger partial charge in [0.2, 0.25) is 0 Å². The Morgan fingerprint density at radius 3 is 1.82 bits per heavy atom. The Morgan fingerprint density at radius 2 is 1.21 bits per heavy atom. The molecular formula is C22H30O6. The van der Waals surface area contributed by atoms with E-state index >= 15 is 0 Å². The molecule has 6 nitrogen and oxygen atoms in total. The average molecular weight is 390 g/mol. The molecule has 0 aliphatic carbocycles. The Morgan fingerprint density at radius 1 is 0.714 bits per heavy atom. The third kappa shape index (κ3) is 11.8. The number of unbranched alkanes of at least 4 members (excludes halogenated alkanes) is 5. The van der Waals surface area contributed by atoms with Crippen molar-refractivity contribution in [1.82, 2.24) is 0 Å². The molecule has 0 saturated carbocycles. The highest BCUT2D eigenvalue weighted by Crippen LogP contribution is 2.19. The van der Waals surface area contributed by atoms with Gasteiger partial charge in [0.1, 0.15) is 24.7 Å². The van der Waals surface area contributed by atoms with E-state index in [1.54, 1.807) is 0 Å². The third-order valence-corrected chi connectivity index (χ3v) is 3.79. The molecule has 6 heteroatoms. The van der Waals surface area contributed by atoms with Crippen LogP contribution in [0.3, 0.4) is 0 Å². The molecule has 1 aromatic rings. The fourth-order valence-electron chi connectivity index (χ4n) is 2.35. The average Bonchev–Trinajstić information content (AvgIpc) is 2.72. The van der Waals surface area contributed by atoms with Crippen LogP contribution in [0.5, 0.6) is 11.5 Å². The Hall–Kier alpha value is -2.76. The molecule has 0 N–H and O–H groups in total. The molecule has 0 heterocycles. The van der Waals surface area contributed by atoms with Gasteiger partial charge < -0.3 is 18.9 Å². The van der Waals surface area contributed by atoms with Crippen LogP contribution in [-0.2, 0) is 19.1 Å². The molecule has 0 radical (unpaired) electrons. The quantitative estimate of drug-likeness (QED) is 0.239. The van der Waals surface area contributed by atoms with Gasteiger partial charge in [0.15, 0.2) is 0 Å². The lowest BCUT2D eigenvalue weighted by Crippen LogP contribution is -2.10. The largest absolute Gasteiger partial charge is 0.493 e. The van der Waals surface area contributed by atoms with E-state index in [4.69, 9.17) is 18.9 Å². The second-order valence-corrected chi connectivity index (χ2v) is 6.04. The van der Waals surface area contributed by atoms with Crippen molar-refractivity contribution in [3.63, 3.8) is 0 Å². The summed E-state index contributed by atoms with van der Waals surface area (Å²) in [5.41, 5.74) is 0. The molecule has 1 aromatic carbocycles. The Kier molecular flexibility index (Phi) is 12.7. The number of hydrogen-bond acceptors (Lipinski definition) is 6. The maximum atomic E-state index is 10.9. The zero-order valence-corrected chi connectivity index (χ0v) is 16.4. The van der Waals surface area contributed by atoms with Gasteiger partial charge in [-0.15, -0.1) is 0 Å². The first kappa shape index (κ1) is 23.3. The van der Waals surface area contributed by atoms with Crippen molar-refractivity contribution in [2.75, 3.05) is 26.4 Å². The predicted molar refractivity (Wildman–Crippen MR) is 107 cm³/mol. The molecule has 0 fully saturated rings. The van der Waals surface area contributed by atoms with E-state index in [0.29, 0.717) is 19.0 Å². The van der Waals surface area contributed by atoms with Gasteiger partial charge in [-0.05, 0) is 25.0 Å². The van der Waals surface area contributed by atoms with Gasteiger partial charge in [-0.3, -0.25) is 0 Å². The zero-order chi connectivity index (χ0) is 20.5. The number of carbonyl (C=O) groups excluding carboxylic acids is 2. The maximum Gasteiger partial charge on any atom is 0.330 e. The van der Waals surface area contributed by atoms with E-state index in [0.717, 1.165) is 50.4 Å². The highest BCUT2D eigenvalue weighted by atomic mass is 16.6. The first-order valence-corrected chi connectivity index (χ1v) is 9.59. The molecular weight excluding hydrogens is 360 g/mol. The molecule has 0 unspecified atom stereocenters. The standard InChI is InChI=1S/C22H30O6/c1-3-21(23)27-15-10-8-6-5-7-9-14-25-19-12-11-13-20(18-19)26-16-17-28-22(24)4-2/h3-4,11-13,18H,1-2,5-10,14-17H2. The van der Waals surface area contributed by atoms with E-state index in [1.165, 1.54) is 6.08 Å². The minimum Gasteiger partial charge on any atom is -0.493 e. The van der Waals surface area contributed by atoms with Crippen molar-refractivity contribution < 1.29 is 28.5 Å². The molecule has 0 aliphatic heterocycles. The van der Waals surface area contributed by atoms with Crippen molar-refractivity contribution in [3.8, 4) is 11.5 Å². The fourth-order valence-corrected chi connectivity index (χ4v) is 2.35.